The summed E-state index contributed by atoms with van der Waals surface area (Å²) in [5.74, 6) is 1.10. The van der Waals surface area contributed by atoms with E-state index in [4.69, 9.17) is 10.1 Å². The van der Waals surface area contributed by atoms with Crippen LogP contribution in [0.25, 0.3) is 11.2 Å². The highest BCUT2D eigenvalue weighted by atomic mass is 16.4. The van der Waals surface area contributed by atoms with Crippen LogP contribution >= 0.6 is 0 Å². The van der Waals surface area contributed by atoms with Gasteiger partial charge in [-0.3, -0.25) is 13.9 Å². The number of aromatic nitrogens is 4. The lowest BCUT2D eigenvalue weighted by atomic mass is 10.1. The van der Waals surface area contributed by atoms with E-state index < -0.39 is 6.09 Å². The first-order chi connectivity index (χ1) is 15.3. The quantitative estimate of drug-likeness (QED) is 0.539. The molecule has 1 aliphatic heterocycles. The van der Waals surface area contributed by atoms with Crippen LogP contribution in [0.2, 0.25) is 0 Å². The SMILES string of the molecule is CC(C)Nc1nc2nc(N3CCCC(NC(=O)O)C3)n(Cc3ccccc3)c2c(=O)n1C. The number of amides is 1. The predicted octanol–water partition coefficient (Wildman–Crippen LogP) is 2.23. The topological polar surface area (TPSA) is 117 Å². The van der Waals surface area contributed by atoms with E-state index in [1.165, 1.54) is 4.57 Å². The lowest BCUT2D eigenvalue weighted by Crippen LogP contribution is -2.48. The molecule has 1 saturated heterocycles. The monoisotopic (exact) mass is 439 g/mol. The molecule has 0 bridgehead atoms. The van der Waals surface area contributed by atoms with Gasteiger partial charge in [0.25, 0.3) is 5.56 Å². The molecule has 1 atom stereocenters. The number of benzene rings is 1. The van der Waals surface area contributed by atoms with Crippen molar-refractivity contribution >= 4 is 29.2 Å². The molecule has 1 fully saturated rings. The Morgan fingerprint density at radius 3 is 2.69 bits per heavy atom. The summed E-state index contributed by atoms with van der Waals surface area (Å²) in [5.41, 5.74) is 1.69. The van der Waals surface area contributed by atoms with Gasteiger partial charge in [0.15, 0.2) is 11.2 Å². The highest BCUT2D eigenvalue weighted by Gasteiger charge is 2.27. The van der Waals surface area contributed by atoms with E-state index in [0.717, 1.165) is 24.9 Å². The van der Waals surface area contributed by atoms with Gasteiger partial charge in [-0.15, -0.1) is 0 Å². The summed E-state index contributed by atoms with van der Waals surface area (Å²) in [6, 6.07) is 9.81. The molecule has 170 valence electrons. The Bertz CT molecular complexity index is 1170. The molecular weight excluding hydrogens is 410 g/mol. The van der Waals surface area contributed by atoms with Crippen LogP contribution < -0.4 is 21.1 Å². The normalized spacial score (nSPS) is 16.5. The number of hydrogen-bond donors (Lipinski definition) is 3. The summed E-state index contributed by atoms with van der Waals surface area (Å²) in [5, 5.41) is 14.9. The predicted molar refractivity (Wildman–Crippen MR) is 123 cm³/mol. The zero-order valence-corrected chi connectivity index (χ0v) is 18.6. The van der Waals surface area contributed by atoms with Crippen molar-refractivity contribution < 1.29 is 9.90 Å². The maximum absolute atomic E-state index is 13.4. The van der Waals surface area contributed by atoms with Crippen LogP contribution in [0, 0.1) is 0 Å². The van der Waals surface area contributed by atoms with E-state index in [1.807, 2.05) is 53.6 Å². The third kappa shape index (κ3) is 4.39. The van der Waals surface area contributed by atoms with Crippen LogP contribution in [0.3, 0.4) is 0 Å². The fraction of sp³-hybridized carbons (Fsp3) is 0.455. The second kappa shape index (κ2) is 8.89. The number of anilines is 2. The number of rotatable bonds is 6. The molecule has 4 rings (SSSR count). The van der Waals surface area contributed by atoms with E-state index in [1.54, 1.807) is 7.05 Å². The summed E-state index contributed by atoms with van der Waals surface area (Å²) >= 11 is 0. The Morgan fingerprint density at radius 1 is 1.25 bits per heavy atom. The summed E-state index contributed by atoms with van der Waals surface area (Å²) in [7, 11) is 1.70. The smallest absolute Gasteiger partial charge is 0.404 e. The third-order valence-corrected chi connectivity index (χ3v) is 5.60. The van der Waals surface area contributed by atoms with Gasteiger partial charge in [0.2, 0.25) is 11.9 Å². The second-order valence-electron chi connectivity index (χ2n) is 8.49. The Morgan fingerprint density at radius 2 is 2.00 bits per heavy atom. The van der Waals surface area contributed by atoms with E-state index in [0.29, 0.717) is 36.2 Å². The Hall–Kier alpha value is -3.56. The Balaban J connectivity index is 1.83. The zero-order valence-electron chi connectivity index (χ0n) is 18.6. The van der Waals surface area contributed by atoms with Crippen LogP contribution in [0.1, 0.15) is 32.3 Å². The minimum Gasteiger partial charge on any atom is -0.465 e. The average molecular weight is 440 g/mol. The fourth-order valence-electron chi connectivity index (χ4n) is 4.14. The summed E-state index contributed by atoms with van der Waals surface area (Å²) < 4.78 is 3.42. The van der Waals surface area contributed by atoms with E-state index in [9.17, 15) is 9.59 Å². The first kappa shape index (κ1) is 21.7. The Kier molecular flexibility index (Phi) is 6.02. The molecule has 0 aliphatic carbocycles. The van der Waals surface area contributed by atoms with E-state index in [-0.39, 0.29) is 17.6 Å². The summed E-state index contributed by atoms with van der Waals surface area (Å²) in [6.45, 7) is 5.65. The minimum atomic E-state index is -1.03. The van der Waals surface area contributed by atoms with Gasteiger partial charge in [0.1, 0.15) is 0 Å². The van der Waals surface area contributed by atoms with Crippen LogP contribution in [0.5, 0.6) is 0 Å². The number of fused-ring (bicyclic) bond motifs is 1. The van der Waals surface area contributed by atoms with Gasteiger partial charge in [-0.25, -0.2) is 4.79 Å². The fourth-order valence-corrected chi connectivity index (χ4v) is 4.14. The van der Waals surface area contributed by atoms with Gasteiger partial charge < -0.3 is 20.6 Å². The third-order valence-electron chi connectivity index (χ3n) is 5.60. The van der Waals surface area contributed by atoms with E-state index >= 15 is 0 Å². The van der Waals surface area contributed by atoms with Gasteiger partial charge >= 0.3 is 6.09 Å². The standard InChI is InChI=1S/C22H29N7O3/c1-14(2)23-20-25-18-17(19(30)27(20)3)29(12-15-8-5-4-6-9-15)21(26-18)28-11-7-10-16(13-28)24-22(31)32/h4-6,8-9,14,16,24H,7,10-13H2,1-3H3,(H,23,25)(H,31,32). The van der Waals surface area contributed by atoms with Crippen molar-refractivity contribution in [2.24, 2.45) is 7.05 Å². The molecule has 0 spiro atoms. The largest absolute Gasteiger partial charge is 0.465 e. The van der Waals surface area contributed by atoms with Crippen molar-refractivity contribution in [1.29, 1.82) is 0 Å². The first-order valence-electron chi connectivity index (χ1n) is 10.9. The first-order valence-corrected chi connectivity index (χ1v) is 10.9. The second-order valence-corrected chi connectivity index (χ2v) is 8.49. The lowest BCUT2D eigenvalue weighted by molar-refractivity contribution is 0.188. The molecule has 3 aromatic rings. The number of carbonyl (C=O) groups is 1. The number of nitrogens with zero attached hydrogens (tertiary/aromatic N) is 5. The van der Waals surface area contributed by atoms with Crippen molar-refractivity contribution in [1.82, 2.24) is 24.4 Å². The van der Waals surface area contributed by atoms with Crippen molar-refractivity contribution in [2.75, 3.05) is 23.3 Å². The molecule has 1 amide bonds. The lowest BCUT2D eigenvalue weighted by Gasteiger charge is -2.33. The molecule has 1 aliphatic rings. The van der Waals surface area contributed by atoms with Gasteiger partial charge in [-0.05, 0) is 32.3 Å². The highest BCUT2D eigenvalue weighted by molar-refractivity contribution is 5.76. The zero-order chi connectivity index (χ0) is 22.8. The van der Waals surface area contributed by atoms with Crippen LogP contribution in [-0.4, -0.2) is 55.5 Å². The van der Waals surface area contributed by atoms with Gasteiger partial charge in [-0.2, -0.15) is 9.97 Å². The molecular formula is C22H29N7O3. The van der Waals surface area contributed by atoms with Crippen LogP contribution in [0.4, 0.5) is 16.7 Å². The number of piperidine rings is 1. The van der Waals surface area contributed by atoms with Crippen molar-refractivity contribution in [3.63, 3.8) is 0 Å². The molecule has 2 aromatic heterocycles. The van der Waals surface area contributed by atoms with Crippen molar-refractivity contribution in [3.05, 3.63) is 46.2 Å². The maximum Gasteiger partial charge on any atom is 0.404 e. The Labute approximate surface area is 185 Å². The van der Waals surface area contributed by atoms with E-state index in [2.05, 4.69) is 15.6 Å². The molecule has 1 unspecified atom stereocenters. The number of nitrogens with one attached hydrogen (secondary N) is 2. The summed E-state index contributed by atoms with van der Waals surface area (Å²) in [4.78, 5) is 36.0. The highest BCUT2D eigenvalue weighted by Crippen LogP contribution is 2.25. The number of imidazole rings is 1. The number of hydrogen-bond acceptors (Lipinski definition) is 6. The average Bonchev–Trinajstić information content (AvgIpc) is 3.10. The minimum absolute atomic E-state index is 0.112. The van der Waals surface area contributed by atoms with Crippen molar-refractivity contribution in [3.8, 4) is 0 Å². The van der Waals surface area contributed by atoms with Gasteiger partial charge in [0, 0.05) is 32.2 Å². The van der Waals surface area contributed by atoms with Crippen LogP contribution in [-0.2, 0) is 13.6 Å². The molecule has 3 heterocycles. The molecule has 0 radical (unpaired) electrons. The maximum atomic E-state index is 13.4. The molecule has 32 heavy (non-hydrogen) atoms. The summed E-state index contributed by atoms with van der Waals surface area (Å²) in [6.07, 6.45) is 0.560. The number of carboxylic acid groups (broad SMARTS) is 1. The van der Waals surface area contributed by atoms with Gasteiger partial charge in [0.05, 0.1) is 6.54 Å². The molecule has 3 N–H and O–H groups in total. The van der Waals surface area contributed by atoms with Gasteiger partial charge in [-0.1, -0.05) is 30.3 Å². The molecule has 10 heteroatoms. The molecule has 0 saturated carbocycles. The van der Waals surface area contributed by atoms with Crippen molar-refractivity contribution in [2.45, 2.75) is 45.3 Å². The molecule has 10 nitrogen and oxygen atoms in total. The molecule has 1 aromatic carbocycles. The van der Waals surface area contributed by atoms with Crippen LogP contribution in [0.15, 0.2) is 35.1 Å².